The van der Waals surface area contributed by atoms with Gasteiger partial charge in [0, 0.05) is 11.1 Å². The van der Waals surface area contributed by atoms with Crippen LogP contribution < -0.4 is 4.74 Å². The van der Waals surface area contributed by atoms with Gasteiger partial charge in [-0.2, -0.15) is 0 Å². The van der Waals surface area contributed by atoms with Gasteiger partial charge in [-0.15, -0.1) is 0 Å². The van der Waals surface area contributed by atoms with E-state index in [0.29, 0.717) is 11.3 Å². The predicted molar refractivity (Wildman–Crippen MR) is 100 cm³/mol. The molecular weight excluding hydrogens is 350 g/mol. The van der Waals surface area contributed by atoms with Gasteiger partial charge >= 0.3 is 5.97 Å². The van der Waals surface area contributed by atoms with Gasteiger partial charge in [-0.05, 0) is 60.1 Å². The minimum atomic E-state index is -0.636. The number of esters is 1. The number of ether oxygens (including phenoxy) is 2. The molecule has 1 aliphatic carbocycles. The van der Waals surface area contributed by atoms with Gasteiger partial charge in [-0.25, -0.2) is 13.6 Å². The minimum Gasteiger partial charge on any atom is -0.497 e. The predicted octanol–water partition coefficient (Wildman–Crippen LogP) is 5.72. The second-order valence-corrected chi connectivity index (χ2v) is 7.69. The van der Waals surface area contributed by atoms with Crippen molar-refractivity contribution in [2.75, 3.05) is 14.2 Å². The first-order valence-electron chi connectivity index (χ1n) is 9.04. The number of carbonyl (C=O) groups is 1. The second kappa shape index (κ2) is 7.29. The smallest absolute Gasteiger partial charge is 0.337 e. The van der Waals surface area contributed by atoms with E-state index in [-0.39, 0.29) is 28.0 Å². The molecular formula is C22H24F2O3. The van der Waals surface area contributed by atoms with E-state index >= 15 is 4.39 Å². The van der Waals surface area contributed by atoms with Crippen LogP contribution in [0.1, 0.15) is 54.9 Å². The molecule has 1 unspecified atom stereocenters. The second-order valence-electron chi connectivity index (χ2n) is 7.69. The number of benzene rings is 2. The third-order valence-corrected chi connectivity index (χ3v) is 5.62. The molecule has 0 bridgehead atoms. The molecule has 0 heterocycles. The molecule has 0 saturated heterocycles. The van der Waals surface area contributed by atoms with Crippen molar-refractivity contribution in [2.45, 2.75) is 39.0 Å². The summed E-state index contributed by atoms with van der Waals surface area (Å²) in [4.78, 5) is 12.0. The quantitative estimate of drug-likeness (QED) is 0.642. The molecule has 1 fully saturated rings. The molecule has 5 heteroatoms. The van der Waals surface area contributed by atoms with Crippen molar-refractivity contribution >= 4 is 5.97 Å². The molecule has 3 rings (SSSR count). The van der Waals surface area contributed by atoms with Crippen LogP contribution in [0.25, 0.3) is 11.1 Å². The third kappa shape index (κ3) is 3.55. The summed E-state index contributed by atoms with van der Waals surface area (Å²) < 4.78 is 39.8. The molecule has 0 amide bonds. The molecule has 1 saturated carbocycles. The van der Waals surface area contributed by atoms with Gasteiger partial charge in [-0.1, -0.05) is 20.3 Å². The van der Waals surface area contributed by atoms with Crippen molar-refractivity contribution in [3.63, 3.8) is 0 Å². The Morgan fingerprint density at radius 3 is 2.44 bits per heavy atom. The van der Waals surface area contributed by atoms with E-state index in [1.807, 2.05) is 0 Å². The highest BCUT2D eigenvalue weighted by atomic mass is 19.1. The summed E-state index contributed by atoms with van der Waals surface area (Å²) in [5.41, 5.74) is 1.04. The Balaban J connectivity index is 2.28. The molecule has 2 aromatic carbocycles. The molecule has 0 radical (unpaired) electrons. The SMILES string of the molecule is COC(=O)c1cc(F)c(-c2cc(OC)ccc2F)c(C2CCCC2(C)C)c1. The van der Waals surface area contributed by atoms with Crippen LogP contribution in [0.3, 0.4) is 0 Å². The maximum absolute atomic E-state index is 15.2. The molecule has 0 aliphatic heterocycles. The topological polar surface area (TPSA) is 35.5 Å². The first-order valence-corrected chi connectivity index (χ1v) is 9.04. The summed E-state index contributed by atoms with van der Waals surface area (Å²) in [5, 5.41) is 0. The van der Waals surface area contributed by atoms with Gasteiger partial charge in [0.2, 0.25) is 0 Å². The van der Waals surface area contributed by atoms with E-state index in [4.69, 9.17) is 9.47 Å². The van der Waals surface area contributed by atoms with Crippen LogP contribution in [0.15, 0.2) is 30.3 Å². The average Bonchev–Trinajstić information content (AvgIpc) is 3.00. The van der Waals surface area contributed by atoms with Crippen LogP contribution in [0, 0.1) is 17.0 Å². The van der Waals surface area contributed by atoms with E-state index in [1.54, 1.807) is 6.07 Å². The van der Waals surface area contributed by atoms with Crippen LogP contribution in [-0.4, -0.2) is 20.2 Å². The van der Waals surface area contributed by atoms with Gasteiger partial charge in [0.05, 0.1) is 19.8 Å². The Morgan fingerprint density at radius 2 is 1.85 bits per heavy atom. The van der Waals surface area contributed by atoms with Gasteiger partial charge < -0.3 is 9.47 Å². The van der Waals surface area contributed by atoms with Crippen LogP contribution in [0.5, 0.6) is 5.75 Å². The Kier molecular flexibility index (Phi) is 5.22. The lowest BCUT2D eigenvalue weighted by atomic mass is 9.75. The van der Waals surface area contributed by atoms with Gasteiger partial charge in [0.15, 0.2) is 0 Å². The summed E-state index contributed by atoms with van der Waals surface area (Å²) >= 11 is 0. The van der Waals surface area contributed by atoms with Crippen molar-refractivity contribution in [2.24, 2.45) is 5.41 Å². The van der Waals surface area contributed by atoms with Crippen molar-refractivity contribution in [1.82, 2.24) is 0 Å². The van der Waals surface area contributed by atoms with E-state index in [0.717, 1.165) is 25.3 Å². The monoisotopic (exact) mass is 374 g/mol. The zero-order chi connectivity index (χ0) is 19.8. The summed E-state index contributed by atoms with van der Waals surface area (Å²) in [7, 11) is 2.74. The van der Waals surface area contributed by atoms with Crippen LogP contribution in [0.4, 0.5) is 8.78 Å². The summed E-state index contributed by atoms with van der Waals surface area (Å²) in [5.74, 6) is -1.32. The Labute approximate surface area is 158 Å². The van der Waals surface area contributed by atoms with Crippen LogP contribution in [0.2, 0.25) is 0 Å². The molecule has 0 aromatic heterocycles. The number of hydrogen-bond acceptors (Lipinski definition) is 3. The van der Waals surface area contributed by atoms with Crippen molar-refractivity contribution in [1.29, 1.82) is 0 Å². The summed E-state index contributed by atoms with van der Waals surface area (Å²) in [6, 6.07) is 7.04. The third-order valence-electron chi connectivity index (χ3n) is 5.62. The highest BCUT2D eigenvalue weighted by Crippen LogP contribution is 2.52. The Bertz CT molecular complexity index is 874. The van der Waals surface area contributed by atoms with Crippen molar-refractivity contribution in [3.8, 4) is 16.9 Å². The molecule has 144 valence electrons. The summed E-state index contributed by atoms with van der Waals surface area (Å²) in [6.45, 7) is 4.25. The Morgan fingerprint density at radius 1 is 1.11 bits per heavy atom. The van der Waals surface area contributed by atoms with Crippen LogP contribution >= 0.6 is 0 Å². The lowest BCUT2D eigenvalue weighted by Gasteiger charge is -2.30. The molecule has 3 nitrogen and oxygen atoms in total. The highest BCUT2D eigenvalue weighted by Gasteiger charge is 2.38. The zero-order valence-electron chi connectivity index (χ0n) is 16.1. The molecule has 2 aromatic rings. The van der Waals surface area contributed by atoms with E-state index in [1.165, 1.54) is 32.4 Å². The van der Waals surface area contributed by atoms with Crippen molar-refractivity contribution in [3.05, 3.63) is 53.1 Å². The molecule has 0 spiro atoms. The number of hydrogen-bond donors (Lipinski definition) is 0. The fourth-order valence-electron chi connectivity index (χ4n) is 4.15. The standard InChI is InChI=1S/C22H24F2O3/c1-22(2)9-5-6-17(22)15-10-13(21(25)27-4)11-19(24)20(15)16-12-14(26-3)7-8-18(16)23/h7-8,10-12,17H,5-6,9H2,1-4H3. The fraction of sp³-hybridized carbons (Fsp3) is 0.409. The van der Waals surface area contributed by atoms with E-state index in [2.05, 4.69) is 13.8 Å². The summed E-state index contributed by atoms with van der Waals surface area (Å²) in [6.07, 6.45) is 2.85. The number of methoxy groups -OCH3 is 2. The largest absolute Gasteiger partial charge is 0.497 e. The maximum Gasteiger partial charge on any atom is 0.337 e. The first kappa shape index (κ1) is 19.3. The molecule has 1 atom stereocenters. The molecule has 27 heavy (non-hydrogen) atoms. The van der Waals surface area contributed by atoms with Gasteiger partial charge in [0.25, 0.3) is 0 Å². The number of halogens is 2. The lowest BCUT2D eigenvalue weighted by molar-refractivity contribution is 0.0600. The van der Waals surface area contributed by atoms with E-state index < -0.39 is 17.6 Å². The number of carbonyl (C=O) groups excluding carboxylic acids is 1. The zero-order valence-corrected chi connectivity index (χ0v) is 16.1. The number of rotatable bonds is 4. The van der Waals surface area contributed by atoms with Crippen molar-refractivity contribution < 1.29 is 23.0 Å². The van der Waals surface area contributed by atoms with Gasteiger partial charge in [-0.3, -0.25) is 0 Å². The molecule has 0 N–H and O–H groups in total. The molecule has 1 aliphatic rings. The van der Waals surface area contributed by atoms with E-state index in [9.17, 15) is 9.18 Å². The normalized spacial score (nSPS) is 18.4. The maximum atomic E-state index is 15.2. The first-order chi connectivity index (χ1) is 12.8. The Hall–Kier alpha value is -2.43. The minimum absolute atomic E-state index is 0.0113. The van der Waals surface area contributed by atoms with Crippen LogP contribution in [-0.2, 0) is 4.74 Å². The fourth-order valence-corrected chi connectivity index (χ4v) is 4.15. The van der Waals surface area contributed by atoms with Gasteiger partial charge in [0.1, 0.15) is 17.4 Å². The highest BCUT2D eigenvalue weighted by molar-refractivity contribution is 5.91. The lowest BCUT2D eigenvalue weighted by Crippen LogP contribution is -2.18. The average molecular weight is 374 g/mol.